The maximum atomic E-state index is 5.31. The van der Waals surface area contributed by atoms with E-state index in [0.717, 1.165) is 30.3 Å². The highest BCUT2D eigenvalue weighted by Gasteiger charge is 2.19. The summed E-state index contributed by atoms with van der Waals surface area (Å²) in [6.07, 6.45) is 8.63. The molecule has 0 bridgehead atoms. The van der Waals surface area contributed by atoms with E-state index in [2.05, 4.69) is 28.4 Å². The van der Waals surface area contributed by atoms with Crippen molar-refractivity contribution in [3.05, 3.63) is 16.7 Å². The molecule has 1 saturated carbocycles. The molecule has 2 rings (SSSR count). The van der Waals surface area contributed by atoms with Crippen molar-refractivity contribution in [2.75, 3.05) is 13.6 Å². The molecular weight excluding hydrogens is 230 g/mol. The number of nitrogens with one attached hydrogen (secondary N) is 1. The van der Waals surface area contributed by atoms with Gasteiger partial charge in [0, 0.05) is 31.0 Å². The zero-order valence-electron chi connectivity index (χ0n) is 10.9. The first-order valence-corrected chi connectivity index (χ1v) is 7.10. The number of H-pyrrole nitrogens is 1. The van der Waals surface area contributed by atoms with Gasteiger partial charge in [-0.25, -0.2) is 0 Å². The summed E-state index contributed by atoms with van der Waals surface area (Å²) in [6, 6.07) is 0.799. The number of hydrogen-bond acceptors (Lipinski definition) is 2. The molecule has 1 heterocycles. The SMILES string of the molecule is CCc1c[nH]c(=S)n1CCN(C)C1CCCC1. The molecule has 1 aromatic rings. The number of likely N-dealkylation sites (N-methyl/N-ethyl adjacent to an activating group) is 1. The van der Waals surface area contributed by atoms with Gasteiger partial charge in [-0.1, -0.05) is 19.8 Å². The van der Waals surface area contributed by atoms with Crippen LogP contribution in [0.2, 0.25) is 0 Å². The average Bonchev–Trinajstić information content (AvgIpc) is 2.95. The summed E-state index contributed by atoms with van der Waals surface area (Å²) in [5, 5.41) is 0. The first kappa shape index (κ1) is 12.8. The minimum absolute atomic E-state index is 0.799. The highest BCUT2D eigenvalue weighted by Crippen LogP contribution is 2.22. The van der Waals surface area contributed by atoms with Crippen molar-refractivity contribution in [3.63, 3.8) is 0 Å². The van der Waals surface area contributed by atoms with Gasteiger partial charge in [-0.2, -0.15) is 0 Å². The fraction of sp³-hybridized carbons (Fsp3) is 0.769. The molecule has 96 valence electrons. The van der Waals surface area contributed by atoms with Crippen LogP contribution < -0.4 is 0 Å². The molecule has 1 N–H and O–H groups in total. The largest absolute Gasteiger partial charge is 0.337 e. The van der Waals surface area contributed by atoms with Crippen LogP contribution in [-0.4, -0.2) is 34.1 Å². The molecular formula is C13H23N3S. The number of nitrogens with zero attached hydrogens (tertiary/aromatic N) is 2. The van der Waals surface area contributed by atoms with Crippen LogP contribution >= 0.6 is 12.2 Å². The van der Waals surface area contributed by atoms with Gasteiger partial charge in [0.2, 0.25) is 0 Å². The van der Waals surface area contributed by atoms with Gasteiger partial charge >= 0.3 is 0 Å². The van der Waals surface area contributed by atoms with Crippen LogP contribution in [0.15, 0.2) is 6.20 Å². The van der Waals surface area contributed by atoms with Crippen LogP contribution in [0, 0.1) is 4.77 Å². The van der Waals surface area contributed by atoms with E-state index in [1.54, 1.807) is 0 Å². The van der Waals surface area contributed by atoms with Gasteiger partial charge in [-0.15, -0.1) is 0 Å². The first-order valence-electron chi connectivity index (χ1n) is 6.69. The third-order valence-electron chi connectivity index (χ3n) is 3.94. The van der Waals surface area contributed by atoms with Gasteiger partial charge in [-0.05, 0) is 38.5 Å². The molecule has 1 aromatic heterocycles. The molecule has 0 unspecified atom stereocenters. The number of hydrogen-bond donors (Lipinski definition) is 1. The summed E-state index contributed by atoms with van der Waals surface area (Å²) in [4.78, 5) is 5.64. The molecule has 1 aliphatic carbocycles. The topological polar surface area (TPSA) is 24.0 Å². The van der Waals surface area contributed by atoms with Crippen molar-refractivity contribution in [1.82, 2.24) is 14.5 Å². The van der Waals surface area contributed by atoms with E-state index in [4.69, 9.17) is 12.2 Å². The fourth-order valence-electron chi connectivity index (χ4n) is 2.75. The summed E-state index contributed by atoms with van der Waals surface area (Å²) in [5.41, 5.74) is 1.31. The molecule has 4 heteroatoms. The number of imidazole rings is 1. The van der Waals surface area contributed by atoms with Crippen LogP contribution in [0.25, 0.3) is 0 Å². The second kappa shape index (κ2) is 5.83. The predicted octanol–water partition coefficient (Wildman–Crippen LogP) is 2.98. The van der Waals surface area contributed by atoms with Gasteiger partial charge in [-0.3, -0.25) is 0 Å². The highest BCUT2D eigenvalue weighted by molar-refractivity contribution is 7.71. The molecule has 0 aliphatic heterocycles. The Kier molecular flexibility index (Phi) is 4.40. The minimum Gasteiger partial charge on any atom is -0.337 e. The zero-order chi connectivity index (χ0) is 12.3. The average molecular weight is 253 g/mol. The first-order chi connectivity index (χ1) is 8.22. The lowest BCUT2D eigenvalue weighted by Crippen LogP contribution is -2.32. The Hall–Kier alpha value is -0.610. The Balaban J connectivity index is 1.92. The van der Waals surface area contributed by atoms with Gasteiger partial charge < -0.3 is 14.5 Å². The summed E-state index contributed by atoms with van der Waals surface area (Å²) >= 11 is 5.31. The van der Waals surface area contributed by atoms with Crippen LogP contribution in [0.1, 0.15) is 38.3 Å². The van der Waals surface area contributed by atoms with E-state index in [-0.39, 0.29) is 0 Å². The molecule has 1 aliphatic rings. The highest BCUT2D eigenvalue weighted by atomic mass is 32.1. The Morgan fingerprint density at radius 1 is 1.47 bits per heavy atom. The van der Waals surface area contributed by atoms with Gasteiger partial charge in [0.15, 0.2) is 4.77 Å². The maximum Gasteiger partial charge on any atom is 0.177 e. The van der Waals surface area contributed by atoms with E-state index in [0.29, 0.717) is 0 Å². The minimum atomic E-state index is 0.799. The third-order valence-corrected chi connectivity index (χ3v) is 4.28. The monoisotopic (exact) mass is 253 g/mol. The number of rotatable bonds is 5. The van der Waals surface area contributed by atoms with Crippen molar-refractivity contribution < 1.29 is 0 Å². The van der Waals surface area contributed by atoms with Crippen LogP contribution in [0.3, 0.4) is 0 Å². The maximum absolute atomic E-state index is 5.31. The second-order valence-electron chi connectivity index (χ2n) is 5.01. The van der Waals surface area contributed by atoms with E-state index >= 15 is 0 Å². The van der Waals surface area contributed by atoms with Crippen LogP contribution in [-0.2, 0) is 13.0 Å². The number of aromatic amines is 1. The molecule has 0 saturated heterocycles. The van der Waals surface area contributed by atoms with Gasteiger partial charge in [0.1, 0.15) is 0 Å². The van der Waals surface area contributed by atoms with Crippen molar-refractivity contribution in [2.24, 2.45) is 0 Å². The van der Waals surface area contributed by atoms with E-state index in [9.17, 15) is 0 Å². The Morgan fingerprint density at radius 2 is 2.18 bits per heavy atom. The summed E-state index contributed by atoms with van der Waals surface area (Å²) in [6.45, 7) is 4.29. The normalized spacial score (nSPS) is 17.1. The molecule has 0 radical (unpaired) electrons. The van der Waals surface area contributed by atoms with Gasteiger partial charge in [0.25, 0.3) is 0 Å². The van der Waals surface area contributed by atoms with E-state index < -0.39 is 0 Å². The summed E-state index contributed by atoms with van der Waals surface area (Å²) in [5.74, 6) is 0. The lowest BCUT2D eigenvalue weighted by atomic mass is 10.2. The zero-order valence-corrected chi connectivity index (χ0v) is 11.7. The summed E-state index contributed by atoms with van der Waals surface area (Å²) < 4.78 is 3.10. The molecule has 0 aromatic carbocycles. The van der Waals surface area contributed by atoms with Crippen LogP contribution in [0.5, 0.6) is 0 Å². The molecule has 1 fully saturated rings. The number of aryl methyl sites for hydroxylation is 1. The van der Waals surface area contributed by atoms with Crippen molar-refractivity contribution >= 4 is 12.2 Å². The molecule has 0 atom stereocenters. The Bertz CT molecular complexity index is 401. The van der Waals surface area contributed by atoms with Gasteiger partial charge in [0.05, 0.1) is 0 Å². The fourth-order valence-corrected chi connectivity index (χ4v) is 3.02. The Morgan fingerprint density at radius 3 is 2.82 bits per heavy atom. The molecule has 0 amide bonds. The lowest BCUT2D eigenvalue weighted by molar-refractivity contribution is 0.235. The second-order valence-corrected chi connectivity index (χ2v) is 5.40. The molecule has 0 spiro atoms. The van der Waals surface area contributed by atoms with Crippen LogP contribution in [0.4, 0.5) is 0 Å². The Labute approximate surface area is 109 Å². The van der Waals surface area contributed by atoms with Crippen molar-refractivity contribution in [1.29, 1.82) is 0 Å². The summed E-state index contributed by atoms with van der Waals surface area (Å²) in [7, 11) is 2.25. The molecule has 17 heavy (non-hydrogen) atoms. The lowest BCUT2D eigenvalue weighted by Gasteiger charge is -2.24. The predicted molar refractivity (Wildman–Crippen MR) is 73.9 cm³/mol. The third kappa shape index (κ3) is 2.99. The van der Waals surface area contributed by atoms with E-state index in [1.807, 2.05) is 6.20 Å². The standard InChI is InChI=1S/C13H23N3S/c1-3-11-10-14-13(17)16(11)9-8-15(2)12-6-4-5-7-12/h10,12H,3-9H2,1-2H3,(H,14,17). The van der Waals surface area contributed by atoms with Crippen molar-refractivity contribution in [3.8, 4) is 0 Å². The smallest absolute Gasteiger partial charge is 0.177 e. The van der Waals surface area contributed by atoms with E-state index in [1.165, 1.54) is 31.4 Å². The number of aromatic nitrogens is 2. The quantitative estimate of drug-likeness (QED) is 0.816. The molecule has 3 nitrogen and oxygen atoms in total. The van der Waals surface area contributed by atoms with Crippen molar-refractivity contribution in [2.45, 2.75) is 51.6 Å².